The number of halogens is 4. The Labute approximate surface area is 175 Å². The lowest BCUT2D eigenvalue weighted by molar-refractivity contribution is -0.137. The molecular formula is C22H18F4N4O. The lowest BCUT2D eigenvalue weighted by Crippen LogP contribution is -2.34. The Morgan fingerprint density at radius 2 is 1.87 bits per heavy atom. The summed E-state index contributed by atoms with van der Waals surface area (Å²) in [5.41, 5.74) is 1.83. The number of rotatable bonds is 3. The first-order valence-electron chi connectivity index (χ1n) is 9.58. The van der Waals surface area contributed by atoms with E-state index in [1.165, 1.54) is 12.5 Å². The predicted octanol–water partition coefficient (Wildman–Crippen LogP) is 4.48. The van der Waals surface area contributed by atoms with Crippen molar-refractivity contribution in [3.8, 4) is 11.4 Å². The molecule has 0 aliphatic carbocycles. The molecule has 0 spiro atoms. The van der Waals surface area contributed by atoms with Crippen molar-refractivity contribution in [2.75, 3.05) is 13.6 Å². The molecule has 1 aliphatic heterocycles. The van der Waals surface area contributed by atoms with Crippen LogP contribution < -0.4 is 0 Å². The van der Waals surface area contributed by atoms with E-state index < -0.39 is 23.5 Å². The fourth-order valence-corrected chi connectivity index (χ4v) is 3.69. The number of benzene rings is 1. The molecule has 2 aromatic heterocycles. The number of alkyl halides is 3. The van der Waals surface area contributed by atoms with Crippen LogP contribution in [-0.4, -0.2) is 39.4 Å². The van der Waals surface area contributed by atoms with Gasteiger partial charge in [0.05, 0.1) is 22.6 Å². The largest absolute Gasteiger partial charge is 0.416 e. The van der Waals surface area contributed by atoms with Gasteiger partial charge in [-0.25, -0.2) is 14.4 Å². The molecule has 1 aliphatic rings. The molecule has 4 rings (SSSR count). The Hall–Kier alpha value is -3.36. The first-order chi connectivity index (χ1) is 14.6. The van der Waals surface area contributed by atoms with E-state index in [0.29, 0.717) is 41.7 Å². The molecule has 0 saturated carbocycles. The Morgan fingerprint density at radius 1 is 1.10 bits per heavy atom. The van der Waals surface area contributed by atoms with Crippen molar-refractivity contribution >= 4 is 5.91 Å². The average Bonchev–Trinajstić information content (AvgIpc) is 2.74. The lowest BCUT2D eigenvalue weighted by atomic mass is 9.93. The van der Waals surface area contributed by atoms with E-state index in [9.17, 15) is 22.4 Å². The minimum absolute atomic E-state index is 0.105. The van der Waals surface area contributed by atoms with E-state index in [2.05, 4.69) is 15.0 Å². The number of amides is 1. The Balaban J connectivity index is 1.74. The van der Waals surface area contributed by atoms with Crippen molar-refractivity contribution in [1.29, 1.82) is 0 Å². The molecule has 1 atom stereocenters. The summed E-state index contributed by atoms with van der Waals surface area (Å²) in [5.74, 6) is -1.69. The van der Waals surface area contributed by atoms with Gasteiger partial charge in [0.1, 0.15) is 12.1 Å². The van der Waals surface area contributed by atoms with Crippen molar-refractivity contribution in [3.63, 3.8) is 0 Å². The van der Waals surface area contributed by atoms with E-state index in [1.54, 1.807) is 31.0 Å². The molecule has 0 fully saturated rings. The summed E-state index contributed by atoms with van der Waals surface area (Å²) in [6.45, 7) is 2.19. The summed E-state index contributed by atoms with van der Waals surface area (Å²) in [5, 5.41) is 0. The topological polar surface area (TPSA) is 59.0 Å². The molecule has 5 nitrogen and oxygen atoms in total. The normalized spacial score (nSPS) is 15.0. The van der Waals surface area contributed by atoms with Crippen LogP contribution in [0.15, 0.2) is 42.9 Å². The van der Waals surface area contributed by atoms with Gasteiger partial charge in [-0.1, -0.05) is 6.92 Å². The van der Waals surface area contributed by atoms with Gasteiger partial charge >= 0.3 is 6.18 Å². The Morgan fingerprint density at radius 3 is 2.61 bits per heavy atom. The fraction of sp³-hybridized carbons (Fsp3) is 0.273. The third kappa shape index (κ3) is 3.99. The highest BCUT2D eigenvalue weighted by Gasteiger charge is 2.32. The van der Waals surface area contributed by atoms with E-state index in [-0.39, 0.29) is 11.5 Å². The Bertz CT molecular complexity index is 1160. The first-order valence-corrected chi connectivity index (χ1v) is 9.58. The van der Waals surface area contributed by atoms with Crippen LogP contribution in [-0.2, 0) is 12.6 Å². The number of carbonyl (C=O) groups excluding carboxylic acids is 1. The first kappa shape index (κ1) is 20.9. The molecule has 0 N–H and O–H groups in total. The maximum Gasteiger partial charge on any atom is 0.416 e. The van der Waals surface area contributed by atoms with Crippen molar-refractivity contribution in [1.82, 2.24) is 19.9 Å². The van der Waals surface area contributed by atoms with Gasteiger partial charge in [0.2, 0.25) is 0 Å². The molecule has 31 heavy (non-hydrogen) atoms. The van der Waals surface area contributed by atoms with Gasteiger partial charge in [-0.2, -0.15) is 13.2 Å². The van der Waals surface area contributed by atoms with Gasteiger partial charge in [0.15, 0.2) is 0 Å². The summed E-state index contributed by atoms with van der Waals surface area (Å²) in [7, 11) is 1.73. The van der Waals surface area contributed by atoms with E-state index in [0.717, 1.165) is 17.7 Å². The number of hydrogen-bond acceptors (Lipinski definition) is 4. The second kappa shape index (κ2) is 7.72. The number of nitrogens with zero attached hydrogens (tertiary/aromatic N) is 4. The van der Waals surface area contributed by atoms with Crippen LogP contribution in [0.25, 0.3) is 11.4 Å². The standard InChI is InChI=1S/C22H18F4N4O/c1-12(13-7-14(22(24,25)26)9-15(23)8-13)18-10-19(29-11-28-18)20-16-4-6-30(2)21(31)17(16)3-5-27-20/h3,5,7-12H,4,6H2,1-2H3/t12-/m0/s1. The zero-order chi connectivity index (χ0) is 22.3. The van der Waals surface area contributed by atoms with Crippen LogP contribution in [0.2, 0.25) is 0 Å². The third-order valence-corrected chi connectivity index (χ3v) is 5.45. The highest BCUT2D eigenvalue weighted by Crippen LogP contribution is 2.34. The number of aromatic nitrogens is 3. The zero-order valence-electron chi connectivity index (χ0n) is 16.7. The highest BCUT2D eigenvalue weighted by molar-refractivity contribution is 5.98. The van der Waals surface area contributed by atoms with E-state index >= 15 is 0 Å². The summed E-state index contributed by atoms with van der Waals surface area (Å²) in [6, 6.07) is 5.74. The smallest absolute Gasteiger partial charge is 0.341 e. The summed E-state index contributed by atoms with van der Waals surface area (Å²) < 4.78 is 53.1. The van der Waals surface area contributed by atoms with Crippen molar-refractivity contribution in [2.24, 2.45) is 0 Å². The van der Waals surface area contributed by atoms with Gasteiger partial charge in [-0.05, 0) is 47.9 Å². The number of hydrogen-bond donors (Lipinski definition) is 0. The molecule has 3 heterocycles. The van der Waals surface area contributed by atoms with Crippen LogP contribution in [0.5, 0.6) is 0 Å². The van der Waals surface area contributed by atoms with E-state index in [4.69, 9.17) is 0 Å². The number of likely N-dealkylation sites (N-methyl/N-ethyl adjacent to an activating group) is 1. The molecule has 9 heteroatoms. The molecule has 0 bridgehead atoms. The Kier molecular flexibility index (Phi) is 5.20. The summed E-state index contributed by atoms with van der Waals surface area (Å²) >= 11 is 0. The van der Waals surface area contributed by atoms with Crippen LogP contribution in [0, 0.1) is 5.82 Å². The third-order valence-electron chi connectivity index (χ3n) is 5.45. The van der Waals surface area contributed by atoms with Crippen molar-refractivity contribution in [2.45, 2.75) is 25.4 Å². The number of fused-ring (bicyclic) bond motifs is 1. The predicted molar refractivity (Wildman–Crippen MR) is 105 cm³/mol. The quantitative estimate of drug-likeness (QED) is 0.575. The van der Waals surface area contributed by atoms with Crippen molar-refractivity contribution in [3.05, 3.63) is 76.6 Å². The monoisotopic (exact) mass is 430 g/mol. The molecule has 1 amide bonds. The molecule has 0 saturated heterocycles. The molecule has 0 unspecified atom stereocenters. The summed E-state index contributed by atoms with van der Waals surface area (Å²) in [4.78, 5) is 26.9. The van der Waals surface area contributed by atoms with Gasteiger partial charge < -0.3 is 4.90 Å². The van der Waals surface area contributed by atoms with Crippen LogP contribution >= 0.6 is 0 Å². The molecule has 1 aromatic carbocycles. The van der Waals surface area contributed by atoms with Gasteiger partial charge in [-0.15, -0.1) is 0 Å². The van der Waals surface area contributed by atoms with Gasteiger partial charge in [-0.3, -0.25) is 9.78 Å². The summed E-state index contributed by atoms with van der Waals surface area (Å²) in [6.07, 6.45) is -1.23. The molecule has 3 aromatic rings. The molecular weight excluding hydrogens is 412 g/mol. The van der Waals surface area contributed by atoms with Crippen LogP contribution in [0.3, 0.4) is 0 Å². The molecule has 0 radical (unpaired) electrons. The van der Waals surface area contributed by atoms with E-state index in [1.807, 2.05) is 0 Å². The van der Waals surface area contributed by atoms with Gasteiger partial charge in [0.25, 0.3) is 5.91 Å². The minimum Gasteiger partial charge on any atom is -0.341 e. The van der Waals surface area contributed by atoms with Crippen LogP contribution in [0.1, 0.15) is 45.6 Å². The maximum absolute atomic E-state index is 13.9. The van der Waals surface area contributed by atoms with Crippen LogP contribution in [0.4, 0.5) is 17.6 Å². The number of pyridine rings is 1. The fourth-order valence-electron chi connectivity index (χ4n) is 3.69. The van der Waals surface area contributed by atoms with Gasteiger partial charge in [0, 0.05) is 31.3 Å². The lowest BCUT2D eigenvalue weighted by Gasteiger charge is -2.25. The SMILES string of the molecule is C[C@@H](c1cc(F)cc(C(F)(F)F)c1)c1cc(-c2nccc3c2CCN(C)C3=O)ncn1. The second-order valence-electron chi connectivity index (χ2n) is 7.48. The highest BCUT2D eigenvalue weighted by atomic mass is 19.4. The minimum atomic E-state index is -4.65. The maximum atomic E-state index is 13.9. The zero-order valence-corrected chi connectivity index (χ0v) is 16.7. The number of carbonyl (C=O) groups is 1. The second-order valence-corrected chi connectivity index (χ2v) is 7.48. The average molecular weight is 430 g/mol. The van der Waals surface area contributed by atoms with Crippen molar-refractivity contribution < 1.29 is 22.4 Å². The molecule has 160 valence electrons.